The Kier molecular flexibility index (Phi) is 7.46. The maximum atomic E-state index is 13.4. The molecule has 2 heterocycles. The van der Waals surface area contributed by atoms with Gasteiger partial charge in [0.2, 0.25) is 0 Å². The minimum atomic E-state index is -1.10. The van der Waals surface area contributed by atoms with Gasteiger partial charge in [-0.25, -0.2) is 9.78 Å². The molecule has 1 aromatic carbocycles. The molecule has 3 aromatic rings. The van der Waals surface area contributed by atoms with Crippen LogP contribution in [0.5, 0.6) is 5.75 Å². The maximum absolute atomic E-state index is 13.4. The molecular formula is C23H28Cl2N4O4. The zero-order chi connectivity index (χ0) is 23.5. The molecule has 4 rings (SSSR count). The first-order valence-corrected chi connectivity index (χ1v) is 12.1. The average molecular weight is 495 g/mol. The summed E-state index contributed by atoms with van der Waals surface area (Å²) in [4.78, 5) is 31.1. The van der Waals surface area contributed by atoms with Crippen molar-refractivity contribution >= 4 is 34.4 Å². The molecule has 0 radical (unpaired) electrons. The zero-order valence-electron chi connectivity index (χ0n) is 18.5. The van der Waals surface area contributed by atoms with Crippen LogP contribution in [0.25, 0.3) is 11.2 Å². The van der Waals surface area contributed by atoms with Crippen molar-refractivity contribution in [3.05, 3.63) is 55.4 Å². The second kappa shape index (κ2) is 10.3. The predicted octanol–water partition coefficient (Wildman–Crippen LogP) is 4.02. The summed E-state index contributed by atoms with van der Waals surface area (Å²) in [5.41, 5.74) is -0.0660. The van der Waals surface area contributed by atoms with Crippen LogP contribution in [0.15, 0.2) is 34.1 Å². The topological polar surface area (TPSA) is 91.3 Å². The number of unbranched alkanes of at least 4 members (excludes halogenated alkanes) is 1. The number of aliphatic hydroxyl groups is 1. The van der Waals surface area contributed by atoms with Crippen LogP contribution in [0.4, 0.5) is 0 Å². The lowest BCUT2D eigenvalue weighted by molar-refractivity contribution is 0.0902. The standard InChI is InChI=1S/C23H28Cl2N4O4/c1-2-3-10-27-21-20(29(14-26-21)16-6-4-5-7-16)22(31)28(23(27)32)12-17(30)13-33-19-9-8-15(24)11-18(19)25/h8-9,11,14,16-17,30H,2-7,10,12-13H2,1H3/t17-/m1/s1. The highest BCUT2D eigenvalue weighted by atomic mass is 35.5. The Morgan fingerprint density at radius 1 is 1.21 bits per heavy atom. The van der Waals surface area contributed by atoms with Crippen LogP contribution < -0.4 is 16.0 Å². The van der Waals surface area contributed by atoms with Gasteiger partial charge < -0.3 is 14.4 Å². The summed E-state index contributed by atoms with van der Waals surface area (Å²) < 4.78 is 10.2. The van der Waals surface area contributed by atoms with E-state index in [9.17, 15) is 14.7 Å². The molecule has 178 valence electrons. The second-order valence-corrected chi connectivity index (χ2v) is 9.35. The molecule has 0 spiro atoms. The number of imidazole rings is 1. The van der Waals surface area contributed by atoms with E-state index < -0.39 is 17.4 Å². The summed E-state index contributed by atoms with van der Waals surface area (Å²) >= 11 is 12.0. The van der Waals surface area contributed by atoms with Gasteiger partial charge in [0.15, 0.2) is 11.2 Å². The average Bonchev–Trinajstić information content (AvgIpc) is 3.46. The molecule has 8 nitrogen and oxygen atoms in total. The molecule has 2 aromatic heterocycles. The van der Waals surface area contributed by atoms with Crippen LogP contribution >= 0.6 is 23.2 Å². The molecule has 10 heteroatoms. The number of aromatic nitrogens is 4. The number of benzene rings is 1. The third kappa shape index (κ3) is 4.98. The normalized spacial score (nSPS) is 15.4. The molecule has 1 saturated carbocycles. The summed E-state index contributed by atoms with van der Waals surface area (Å²) in [5.74, 6) is 0.364. The van der Waals surface area contributed by atoms with Gasteiger partial charge in [-0.15, -0.1) is 0 Å². The lowest BCUT2D eigenvalue weighted by Gasteiger charge is -2.17. The predicted molar refractivity (Wildman–Crippen MR) is 129 cm³/mol. The SMILES string of the molecule is CCCCn1c(=O)n(C[C@@H](O)COc2ccc(Cl)cc2Cl)c(=O)c2c1ncn2C1CCCC1. The fraction of sp³-hybridized carbons (Fsp3) is 0.522. The molecule has 0 bridgehead atoms. The molecule has 1 atom stereocenters. The number of fused-ring (bicyclic) bond motifs is 1. The molecular weight excluding hydrogens is 467 g/mol. The van der Waals surface area contributed by atoms with Crippen molar-refractivity contribution in [2.24, 2.45) is 0 Å². The van der Waals surface area contributed by atoms with E-state index >= 15 is 0 Å². The third-order valence-corrected chi connectivity index (χ3v) is 6.64. The molecule has 1 fully saturated rings. The molecule has 0 aliphatic heterocycles. The monoisotopic (exact) mass is 494 g/mol. The molecule has 1 aliphatic carbocycles. The number of halogens is 2. The van der Waals surface area contributed by atoms with Gasteiger partial charge in [-0.1, -0.05) is 49.4 Å². The smallest absolute Gasteiger partial charge is 0.332 e. The minimum Gasteiger partial charge on any atom is -0.489 e. The van der Waals surface area contributed by atoms with E-state index in [4.69, 9.17) is 27.9 Å². The number of aryl methyl sites for hydroxylation is 1. The van der Waals surface area contributed by atoms with Gasteiger partial charge in [-0.3, -0.25) is 13.9 Å². The second-order valence-electron chi connectivity index (χ2n) is 8.51. The summed E-state index contributed by atoms with van der Waals surface area (Å²) in [6, 6.07) is 4.98. The van der Waals surface area contributed by atoms with Gasteiger partial charge in [0.1, 0.15) is 18.5 Å². The number of hydrogen-bond acceptors (Lipinski definition) is 5. The lowest BCUT2D eigenvalue weighted by atomic mass is 10.2. The van der Waals surface area contributed by atoms with Crippen LogP contribution in [0.2, 0.25) is 10.0 Å². The number of rotatable bonds is 9. The number of nitrogens with zero attached hydrogens (tertiary/aromatic N) is 4. The Bertz CT molecular complexity index is 1240. The molecule has 1 N–H and O–H groups in total. The lowest BCUT2D eigenvalue weighted by Crippen LogP contribution is -2.44. The Balaban J connectivity index is 1.66. The molecule has 0 amide bonds. The molecule has 1 aliphatic rings. The molecule has 33 heavy (non-hydrogen) atoms. The van der Waals surface area contributed by atoms with E-state index in [0.29, 0.717) is 33.5 Å². The van der Waals surface area contributed by atoms with E-state index in [2.05, 4.69) is 4.98 Å². The number of hydrogen-bond donors (Lipinski definition) is 1. The van der Waals surface area contributed by atoms with E-state index in [1.165, 1.54) is 0 Å². The van der Waals surface area contributed by atoms with E-state index in [1.807, 2.05) is 11.5 Å². The van der Waals surface area contributed by atoms with Gasteiger partial charge in [-0.05, 0) is 37.5 Å². The highest BCUT2D eigenvalue weighted by Crippen LogP contribution is 2.31. The van der Waals surface area contributed by atoms with Crippen molar-refractivity contribution in [1.29, 1.82) is 0 Å². The summed E-state index contributed by atoms with van der Waals surface area (Å²) in [6.45, 7) is 2.17. The van der Waals surface area contributed by atoms with Crippen molar-refractivity contribution in [1.82, 2.24) is 18.7 Å². The highest BCUT2D eigenvalue weighted by Gasteiger charge is 2.25. The maximum Gasteiger partial charge on any atom is 0.332 e. The van der Waals surface area contributed by atoms with E-state index in [0.717, 1.165) is 43.1 Å². The van der Waals surface area contributed by atoms with Crippen LogP contribution in [0, 0.1) is 0 Å². The zero-order valence-corrected chi connectivity index (χ0v) is 20.1. The van der Waals surface area contributed by atoms with E-state index in [-0.39, 0.29) is 19.2 Å². The van der Waals surface area contributed by atoms with E-state index in [1.54, 1.807) is 29.1 Å². The van der Waals surface area contributed by atoms with Gasteiger partial charge in [0.25, 0.3) is 5.56 Å². The van der Waals surface area contributed by atoms with Crippen LogP contribution in [-0.2, 0) is 13.1 Å². The third-order valence-electron chi connectivity index (χ3n) is 6.11. The minimum absolute atomic E-state index is 0.137. The Labute approximate surface area is 201 Å². The Hall–Kier alpha value is -2.29. The summed E-state index contributed by atoms with van der Waals surface area (Å²) in [6.07, 6.45) is 6.44. The van der Waals surface area contributed by atoms with Gasteiger partial charge in [-0.2, -0.15) is 0 Å². The van der Waals surface area contributed by atoms with Crippen LogP contribution in [-0.4, -0.2) is 36.5 Å². The number of ether oxygens (including phenoxy) is 1. The van der Waals surface area contributed by atoms with Crippen molar-refractivity contribution in [2.45, 2.75) is 70.7 Å². The highest BCUT2D eigenvalue weighted by molar-refractivity contribution is 6.35. The van der Waals surface area contributed by atoms with Crippen LogP contribution in [0.1, 0.15) is 51.5 Å². The van der Waals surface area contributed by atoms with Gasteiger partial charge in [0.05, 0.1) is 17.9 Å². The fourth-order valence-electron chi connectivity index (χ4n) is 4.39. The van der Waals surface area contributed by atoms with Crippen molar-refractivity contribution < 1.29 is 9.84 Å². The number of aliphatic hydroxyl groups excluding tert-OH is 1. The Morgan fingerprint density at radius 3 is 2.67 bits per heavy atom. The van der Waals surface area contributed by atoms with Crippen molar-refractivity contribution in [2.75, 3.05) is 6.61 Å². The molecule has 0 saturated heterocycles. The largest absolute Gasteiger partial charge is 0.489 e. The Morgan fingerprint density at radius 2 is 1.97 bits per heavy atom. The summed E-state index contributed by atoms with van der Waals surface area (Å²) in [7, 11) is 0. The first-order chi connectivity index (χ1) is 15.9. The van der Waals surface area contributed by atoms with Gasteiger partial charge >= 0.3 is 5.69 Å². The molecule has 0 unspecified atom stereocenters. The van der Waals surface area contributed by atoms with Crippen molar-refractivity contribution in [3.8, 4) is 5.75 Å². The summed E-state index contributed by atoms with van der Waals surface area (Å²) in [5, 5.41) is 11.4. The quantitative estimate of drug-likeness (QED) is 0.484. The van der Waals surface area contributed by atoms with Gasteiger partial charge in [0, 0.05) is 17.6 Å². The fourth-order valence-corrected chi connectivity index (χ4v) is 4.85. The van der Waals surface area contributed by atoms with Crippen molar-refractivity contribution in [3.63, 3.8) is 0 Å². The van der Waals surface area contributed by atoms with Crippen LogP contribution in [0.3, 0.4) is 0 Å². The first kappa shape index (κ1) is 23.9. The first-order valence-electron chi connectivity index (χ1n) is 11.4.